The molecule has 6 heteroatoms. The van der Waals surface area contributed by atoms with Crippen LogP contribution in [0, 0.1) is 11.3 Å². The summed E-state index contributed by atoms with van der Waals surface area (Å²) in [4.78, 5) is 0. The number of nitrogens with zero attached hydrogens (tertiary/aromatic N) is 3. The van der Waals surface area contributed by atoms with E-state index in [1.54, 1.807) is 24.5 Å². The van der Waals surface area contributed by atoms with Gasteiger partial charge in [0.2, 0.25) is 0 Å². The summed E-state index contributed by atoms with van der Waals surface area (Å²) < 4.78 is 10.7. The maximum absolute atomic E-state index is 8.85. The maximum atomic E-state index is 8.85. The first-order valence-corrected chi connectivity index (χ1v) is 6.83. The van der Waals surface area contributed by atoms with Crippen molar-refractivity contribution in [3.63, 3.8) is 0 Å². The minimum absolute atomic E-state index is 0.364. The molecule has 5 nitrogen and oxygen atoms in total. The molecule has 0 aliphatic carbocycles. The van der Waals surface area contributed by atoms with Gasteiger partial charge in [0.25, 0.3) is 11.1 Å². The van der Waals surface area contributed by atoms with Crippen molar-refractivity contribution in [3.05, 3.63) is 53.8 Å². The highest BCUT2D eigenvalue weighted by atomic mass is 32.2. The lowest BCUT2D eigenvalue weighted by atomic mass is 10.2. The Morgan fingerprint density at radius 2 is 2.15 bits per heavy atom. The third-order valence-corrected chi connectivity index (χ3v) is 3.45. The summed E-state index contributed by atoms with van der Waals surface area (Å²) in [5.41, 5.74) is 1.68. The van der Waals surface area contributed by atoms with Gasteiger partial charge in [-0.25, -0.2) is 0 Å². The van der Waals surface area contributed by atoms with Gasteiger partial charge in [-0.15, -0.1) is 10.2 Å². The van der Waals surface area contributed by atoms with Gasteiger partial charge in [-0.1, -0.05) is 23.9 Å². The summed E-state index contributed by atoms with van der Waals surface area (Å²) in [5, 5.41) is 17.2. The number of hydrogen-bond acceptors (Lipinski definition) is 6. The quantitative estimate of drug-likeness (QED) is 0.682. The van der Waals surface area contributed by atoms with Gasteiger partial charge in [-0.2, -0.15) is 5.26 Å². The van der Waals surface area contributed by atoms with Gasteiger partial charge in [0, 0.05) is 5.75 Å². The molecular formula is C14H9N3O2S. The number of nitriles is 1. The molecule has 0 N–H and O–H groups in total. The van der Waals surface area contributed by atoms with Crippen LogP contribution in [0.1, 0.15) is 11.1 Å². The SMILES string of the molecule is N#Cc1cccc(CSc2nnc(-c3ccco3)o2)c1. The molecule has 3 aromatic rings. The summed E-state index contributed by atoms with van der Waals surface area (Å²) in [6.07, 6.45) is 1.56. The molecule has 0 unspecified atom stereocenters. The number of aromatic nitrogens is 2. The van der Waals surface area contributed by atoms with Crippen molar-refractivity contribution in [1.82, 2.24) is 10.2 Å². The van der Waals surface area contributed by atoms with Gasteiger partial charge in [0.1, 0.15) is 0 Å². The third-order valence-electron chi connectivity index (χ3n) is 2.56. The molecule has 1 aromatic carbocycles. The van der Waals surface area contributed by atoms with E-state index in [0.29, 0.717) is 28.2 Å². The smallest absolute Gasteiger partial charge is 0.284 e. The van der Waals surface area contributed by atoms with Crippen LogP contribution in [0.4, 0.5) is 0 Å². The van der Waals surface area contributed by atoms with E-state index < -0.39 is 0 Å². The molecule has 2 aromatic heterocycles. The Morgan fingerprint density at radius 1 is 1.20 bits per heavy atom. The molecule has 0 amide bonds. The first kappa shape index (κ1) is 12.5. The lowest BCUT2D eigenvalue weighted by Gasteiger charge is -1.98. The second-order valence-corrected chi connectivity index (χ2v) is 4.88. The summed E-state index contributed by atoms with van der Waals surface area (Å²) in [7, 11) is 0. The van der Waals surface area contributed by atoms with E-state index in [-0.39, 0.29) is 0 Å². The van der Waals surface area contributed by atoms with Crippen LogP contribution in [0.3, 0.4) is 0 Å². The molecule has 98 valence electrons. The second-order valence-electron chi connectivity index (χ2n) is 3.95. The van der Waals surface area contributed by atoms with Crippen molar-refractivity contribution in [2.45, 2.75) is 11.0 Å². The predicted octanol–water partition coefficient (Wildman–Crippen LogP) is 3.49. The number of thioether (sulfide) groups is 1. The lowest BCUT2D eigenvalue weighted by Crippen LogP contribution is -1.82. The van der Waals surface area contributed by atoms with E-state index in [0.717, 1.165) is 5.56 Å². The van der Waals surface area contributed by atoms with Crippen LogP contribution in [0.15, 0.2) is 56.7 Å². The molecule has 0 saturated heterocycles. The molecule has 0 spiro atoms. The Kier molecular flexibility index (Phi) is 3.52. The summed E-state index contributed by atoms with van der Waals surface area (Å²) >= 11 is 1.42. The van der Waals surface area contributed by atoms with Gasteiger partial charge >= 0.3 is 0 Å². The zero-order valence-corrected chi connectivity index (χ0v) is 11.1. The van der Waals surface area contributed by atoms with Gasteiger partial charge < -0.3 is 8.83 Å². The summed E-state index contributed by atoms with van der Waals surface area (Å²) in [6, 6.07) is 13.1. The maximum Gasteiger partial charge on any atom is 0.284 e. The molecule has 0 radical (unpaired) electrons. The van der Waals surface area contributed by atoms with Crippen molar-refractivity contribution < 1.29 is 8.83 Å². The molecular weight excluding hydrogens is 274 g/mol. The fourth-order valence-corrected chi connectivity index (χ4v) is 2.35. The molecule has 20 heavy (non-hydrogen) atoms. The van der Waals surface area contributed by atoms with Crippen molar-refractivity contribution in [1.29, 1.82) is 5.26 Å². The lowest BCUT2D eigenvalue weighted by molar-refractivity contribution is 0.447. The Morgan fingerprint density at radius 3 is 2.95 bits per heavy atom. The minimum Gasteiger partial charge on any atom is -0.459 e. The van der Waals surface area contributed by atoms with E-state index in [1.165, 1.54) is 11.8 Å². The Bertz CT molecular complexity index is 744. The number of furan rings is 1. The van der Waals surface area contributed by atoms with Gasteiger partial charge in [0.15, 0.2) is 5.76 Å². The highest BCUT2D eigenvalue weighted by Gasteiger charge is 2.11. The first-order valence-electron chi connectivity index (χ1n) is 5.84. The van der Waals surface area contributed by atoms with E-state index in [2.05, 4.69) is 16.3 Å². The molecule has 2 heterocycles. The van der Waals surface area contributed by atoms with Crippen LogP contribution in [-0.2, 0) is 5.75 Å². The molecule has 0 atom stereocenters. The number of benzene rings is 1. The van der Waals surface area contributed by atoms with E-state index in [9.17, 15) is 0 Å². The molecule has 0 saturated carbocycles. The highest BCUT2D eigenvalue weighted by Crippen LogP contribution is 2.25. The van der Waals surface area contributed by atoms with Crippen LogP contribution < -0.4 is 0 Å². The standard InChI is InChI=1S/C14H9N3O2S/c15-8-10-3-1-4-11(7-10)9-20-14-17-16-13(19-14)12-5-2-6-18-12/h1-7H,9H2. The molecule has 0 fully saturated rings. The van der Waals surface area contributed by atoms with Crippen molar-refractivity contribution >= 4 is 11.8 Å². The fourth-order valence-electron chi connectivity index (χ4n) is 1.64. The largest absolute Gasteiger partial charge is 0.459 e. The third kappa shape index (κ3) is 2.73. The molecule has 0 aliphatic heterocycles. The molecule has 0 aliphatic rings. The predicted molar refractivity (Wildman–Crippen MR) is 72.7 cm³/mol. The summed E-state index contributed by atoms with van der Waals surface area (Å²) in [6.45, 7) is 0. The zero-order chi connectivity index (χ0) is 13.8. The Balaban J connectivity index is 1.68. The van der Waals surface area contributed by atoms with Crippen molar-refractivity contribution in [2.24, 2.45) is 0 Å². The van der Waals surface area contributed by atoms with E-state index in [1.807, 2.05) is 18.2 Å². The topological polar surface area (TPSA) is 75.8 Å². The van der Waals surface area contributed by atoms with Crippen LogP contribution in [-0.4, -0.2) is 10.2 Å². The first-order chi connectivity index (χ1) is 9.85. The number of hydrogen-bond donors (Lipinski definition) is 0. The van der Waals surface area contributed by atoms with Crippen LogP contribution in [0.2, 0.25) is 0 Å². The van der Waals surface area contributed by atoms with Crippen LogP contribution in [0.5, 0.6) is 0 Å². The Labute approximate surface area is 119 Å². The van der Waals surface area contributed by atoms with Crippen LogP contribution >= 0.6 is 11.8 Å². The highest BCUT2D eigenvalue weighted by molar-refractivity contribution is 7.98. The molecule has 3 rings (SSSR count). The fraction of sp³-hybridized carbons (Fsp3) is 0.0714. The van der Waals surface area contributed by atoms with E-state index in [4.69, 9.17) is 14.1 Å². The van der Waals surface area contributed by atoms with Gasteiger partial charge in [0.05, 0.1) is 17.9 Å². The van der Waals surface area contributed by atoms with Gasteiger partial charge in [-0.05, 0) is 29.8 Å². The van der Waals surface area contributed by atoms with Crippen LogP contribution in [0.25, 0.3) is 11.7 Å². The number of rotatable bonds is 4. The Hall–Kier alpha value is -2.52. The monoisotopic (exact) mass is 283 g/mol. The van der Waals surface area contributed by atoms with Gasteiger partial charge in [-0.3, -0.25) is 0 Å². The minimum atomic E-state index is 0.364. The average molecular weight is 283 g/mol. The van der Waals surface area contributed by atoms with Crippen molar-refractivity contribution in [3.8, 4) is 17.7 Å². The van der Waals surface area contributed by atoms with E-state index >= 15 is 0 Å². The second kappa shape index (κ2) is 5.63. The average Bonchev–Trinajstić information content (AvgIpc) is 3.16. The zero-order valence-electron chi connectivity index (χ0n) is 10.3. The summed E-state index contributed by atoms with van der Waals surface area (Å²) in [5.74, 6) is 1.58. The molecule has 0 bridgehead atoms. The van der Waals surface area contributed by atoms with Crippen molar-refractivity contribution in [2.75, 3.05) is 0 Å². The normalized spacial score (nSPS) is 10.3.